The predicted octanol–water partition coefficient (Wildman–Crippen LogP) is 3.41. The number of nitrogens with zero attached hydrogens (tertiary/aromatic N) is 3. The van der Waals surface area contributed by atoms with Gasteiger partial charge in [0.1, 0.15) is 11.6 Å². The Hall–Kier alpha value is -1.98. The number of morpholine rings is 1. The van der Waals surface area contributed by atoms with Crippen molar-refractivity contribution < 1.29 is 13.9 Å². The van der Waals surface area contributed by atoms with Gasteiger partial charge in [-0.1, -0.05) is 12.1 Å². The SMILES string of the molecule is CN=C(NCc1ccc(Oc2cccc(F)c2)nc1)NCC(C)(C)N1CCOCC1.I. The van der Waals surface area contributed by atoms with E-state index in [0.29, 0.717) is 18.2 Å². The maximum absolute atomic E-state index is 13.3. The highest BCUT2D eigenvalue weighted by atomic mass is 127. The first-order chi connectivity index (χ1) is 14.5. The van der Waals surface area contributed by atoms with Gasteiger partial charge in [0.05, 0.1) is 13.2 Å². The number of pyridine rings is 1. The minimum atomic E-state index is -0.344. The van der Waals surface area contributed by atoms with E-state index < -0.39 is 0 Å². The molecule has 9 heteroatoms. The Morgan fingerprint density at radius 2 is 2.00 bits per heavy atom. The van der Waals surface area contributed by atoms with Crippen molar-refractivity contribution in [2.45, 2.75) is 25.9 Å². The molecule has 0 aliphatic carbocycles. The molecule has 0 saturated carbocycles. The van der Waals surface area contributed by atoms with Crippen LogP contribution in [0.15, 0.2) is 47.6 Å². The van der Waals surface area contributed by atoms with E-state index in [9.17, 15) is 4.39 Å². The van der Waals surface area contributed by atoms with Crippen LogP contribution in [0.25, 0.3) is 0 Å². The van der Waals surface area contributed by atoms with E-state index in [1.54, 1.807) is 31.4 Å². The van der Waals surface area contributed by atoms with Gasteiger partial charge in [-0.05, 0) is 31.5 Å². The highest BCUT2D eigenvalue weighted by Crippen LogP contribution is 2.20. The Morgan fingerprint density at radius 1 is 1.23 bits per heavy atom. The molecule has 0 amide bonds. The topological polar surface area (TPSA) is 71.0 Å². The summed E-state index contributed by atoms with van der Waals surface area (Å²) in [4.78, 5) is 11.0. The van der Waals surface area contributed by atoms with Crippen LogP contribution in [-0.4, -0.2) is 61.3 Å². The zero-order valence-corrected chi connectivity index (χ0v) is 20.6. The molecule has 2 aromatic rings. The molecule has 1 aromatic heterocycles. The van der Waals surface area contributed by atoms with Crippen LogP contribution in [0, 0.1) is 5.82 Å². The Bertz CT molecular complexity index is 842. The van der Waals surface area contributed by atoms with Gasteiger partial charge in [-0.3, -0.25) is 9.89 Å². The summed E-state index contributed by atoms with van der Waals surface area (Å²) >= 11 is 0. The Kier molecular flexibility index (Phi) is 9.92. The van der Waals surface area contributed by atoms with Crippen molar-refractivity contribution in [3.8, 4) is 11.6 Å². The molecule has 0 spiro atoms. The molecule has 2 heterocycles. The minimum absolute atomic E-state index is 0. The number of aromatic nitrogens is 1. The first-order valence-electron chi connectivity index (χ1n) is 10.1. The molecular formula is C22H31FIN5O2. The van der Waals surface area contributed by atoms with Gasteiger partial charge < -0.3 is 20.1 Å². The van der Waals surface area contributed by atoms with Gasteiger partial charge in [0.15, 0.2) is 5.96 Å². The molecule has 1 aromatic carbocycles. The van der Waals surface area contributed by atoms with Gasteiger partial charge >= 0.3 is 0 Å². The number of rotatable bonds is 7. The number of ether oxygens (including phenoxy) is 2. The fourth-order valence-corrected chi connectivity index (χ4v) is 3.21. The highest BCUT2D eigenvalue weighted by molar-refractivity contribution is 14.0. The second kappa shape index (κ2) is 12.2. The summed E-state index contributed by atoms with van der Waals surface area (Å²) in [6.45, 7) is 9.23. The summed E-state index contributed by atoms with van der Waals surface area (Å²) in [5, 5.41) is 6.71. The zero-order valence-electron chi connectivity index (χ0n) is 18.2. The fourth-order valence-electron chi connectivity index (χ4n) is 3.21. The third-order valence-electron chi connectivity index (χ3n) is 5.06. The van der Waals surface area contributed by atoms with Crippen molar-refractivity contribution in [1.82, 2.24) is 20.5 Å². The average molecular weight is 543 g/mol. The maximum atomic E-state index is 13.3. The van der Waals surface area contributed by atoms with Crippen LogP contribution < -0.4 is 15.4 Å². The van der Waals surface area contributed by atoms with Crippen molar-refractivity contribution in [2.75, 3.05) is 39.9 Å². The van der Waals surface area contributed by atoms with Gasteiger partial charge in [-0.2, -0.15) is 0 Å². The van der Waals surface area contributed by atoms with Gasteiger partial charge in [0.2, 0.25) is 5.88 Å². The molecule has 0 atom stereocenters. The summed E-state index contributed by atoms with van der Waals surface area (Å²) in [6, 6.07) is 9.67. The number of halogens is 2. The summed E-state index contributed by atoms with van der Waals surface area (Å²) in [5.74, 6) is 1.22. The zero-order chi connectivity index (χ0) is 21.4. The summed E-state index contributed by atoms with van der Waals surface area (Å²) in [6.07, 6.45) is 1.73. The average Bonchev–Trinajstić information content (AvgIpc) is 2.75. The molecule has 0 unspecified atom stereocenters. The van der Waals surface area contributed by atoms with Gasteiger partial charge in [0, 0.05) is 57.1 Å². The molecule has 31 heavy (non-hydrogen) atoms. The lowest BCUT2D eigenvalue weighted by molar-refractivity contribution is -0.00834. The lowest BCUT2D eigenvalue weighted by atomic mass is 10.0. The molecule has 3 rings (SSSR count). The van der Waals surface area contributed by atoms with E-state index in [4.69, 9.17) is 9.47 Å². The first-order valence-corrected chi connectivity index (χ1v) is 10.1. The predicted molar refractivity (Wildman–Crippen MR) is 131 cm³/mol. The monoisotopic (exact) mass is 543 g/mol. The second-order valence-corrected chi connectivity index (χ2v) is 7.76. The number of hydrogen-bond acceptors (Lipinski definition) is 5. The van der Waals surface area contributed by atoms with Crippen molar-refractivity contribution in [2.24, 2.45) is 4.99 Å². The number of hydrogen-bond donors (Lipinski definition) is 2. The molecular weight excluding hydrogens is 512 g/mol. The Labute approximate surface area is 200 Å². The molecule has 2 N–H and O–H groups in total. The largest absolute Gasteiger partial charge is 0.439 e. The van der Waals surface area contributed by atoms with E-state index >= 15 is 0 Å². The third-order valence-corrected chi connectivity index (χ3v) is 5.06. The highest BCUT2D eigenvalue weighted by Gasteiger charge is 2.28. The molecule has 0 bridgehead atoms. The van der Waals surface area contributed by atoms with Crippen LogP contribution in [0.1, 0.15) is 19.4 Å². The van der Waals surface area contributed by atoms with Crippen LogP contribution in [-0.2, 0) is 11.3 Å². The van der Waals surface area contributed by atoms with Crippen molar-refractivity contribution in [3.05, 3.63) is 54.0 Å². The Morgan fingerprint density at radius 3 is 2.65 bits per heavy atom. The Balaban J connectivity index is 0.00000341. The normalized spacial score (nSPS) is 15.2. The van der Waals surface area contributed by atoms with E-state index in [-0.39, 0.29) is 35.3 Å². The second-order valence-electron chi connectivity index (χ2n) is 7.76. The number of benzene rings is 1. The third kappa shape index (κ3) is 7.89. The number of guanidine groups is 1. The van der Waals surface area contributed by atoms with Crippen LogP contribution in [0.3, 0.4) is 0 Å². The van der Waals surface area contributed by atoms with Crippen LogP contribution in [0.5, 0.6) is 11.6 Å². The molecule has 1 fully saturated rings. The standard InChI is InChI=1S/C22H30FN5O2.HI/c1-22(2,28-9-11-29-12-10-28)16-27-21(24-3)26-15-17-7-8-20(25-14-17)30-19-6-4-5-18(23)13-19;/h4-8,13-14H,9-12,15-16H2,1-3H3,(H2,24,26,27);1H. The van der Waals surface area contributed by atoms with Crippen molar-refractivity contribution >= 4 is 29.9 Å². The quantitative estimate of drug-likeness (QED) is 0.317. The van der Waals surface area contributed by atoms with E-state index in [2.05, 4.69) is 39.4 Å². The minimum Gasteiger partial charge on any atom is -0.439 e. The molecule has 1 saturated heterocycles. The molecule has 1 aliphatic rings. The summed E-state index contributed by atoms with van der Waals surface area (Å²) in [5.41, 5.74) is 0.982. The number of aliphatic imine (C=N–C) groups is 1. The lowest BCUT2D eigenvalue weighted by Crippen LogP contribution is -2.56. The van der Waals surface area contributed by atoms with Crippen molar-refractivity contribution in [1.29, 1.82) is 0 Å². The van der Waals surface area contributed by atoms with Crippen LogP contribution in [0.2, 0.25) is 0 Å². The van der Waals surface area contributed by atoms with Gasteiger partial charge in [0.25, 0.3) is 0 Å². The maximum Gasteiger partial charge on any atom is 0.219 e. The fraction of sp³-hybridized carbons (Fsp3) is 0.455. The van der Waals surface area contributed by atoms with E-state index in [1.165, 1.54) is 12.1 Å². The van der Waals surface area contributed by atoms with Gasteiger partial charge in [-0.25, -0.2) is 9.37 Å². The molecule has 0 radical (unpaired) electrons. The smallest absolute Gasteiger partial charge is 0.219 e. The van der Waals surface area contributed by atoms with E-state index in [1.807, 2.05) is 6.07 Å². The molecule has 7 nitrogen and oxygen atoms in total. The van der Waals surface area contributed by atoms with Gasteiger partial charge in [-0.15, -0.1) is 24.0 Å². The summed E-state index contributed by atoms with van der Waals surface area (Å²) in [7, 11) is 1.76. The number of nitrogens with one attached hydrogen (secondary N) is 2. The van der Waals surface area contributed by atoms with Crippen LogP contribution in [0.4, 0.5) is 4.39 Å². The first kappa shape index (κ1) is 25.3. The molecule has 1 aliphatic heterocycles. The van der Waals surface area contributed by atoms with Crippen molar-refractivity contribution in [3.63, 3.8) is 0 Å². The van der Waals surface area contributed by atoms with E-state index in [0.717, 1.165) is 44.4 Å². The molecule has 170 valence electrons. The lowest BCUT2D eigenvalue weighted by Gasteiger charge is -2.41. The van der Waals surface area contributed by atoms with Crippen LogP contribution >= 0.6 is 24.0 Å². The summed E-state index contributed by atoms with van der Waals surface area (Å²) < 4.78 is 24.3.